The van der Waals surface area contributed by atoms with Gasteiger partial charge in [-0.05, 0) is 13.3 Å². The first-order chi connectivity index (χ1) is 9.41. The third-order valence-corrected chi connectivity index (χ3v) is 4.41. The number of nitrogens with zero attached hydrogens (tertiary/aromatic N) is 1. The van der Waals surface area contributed by atoms with Crippen LogP contribution in [0.25, 0.3) is 0 Å². The Morgan fingerprint density at radius 3 is 2.68 bits per heavy atom. The van der Waals surface area contributed by atoms with Gasteiger partial charge in [-0.1, -0.05) is 6.92 Å². The highest BCUT2D eigenvalue weighted by Crippen LogP contribution is 2.25. The summed E-state index contributed by atoms with van der Waals surface area (Å²) in [6, 6.07) is -0.783. The highest BCUT2D eigenvalue weighted by atomic mass is 35.5. The van der Waals surface area contributed by atoms with Crippen LogP contribution in [0.3, 0.4) is 0 Å². The van der Waals surface area contributed by atoms with Crippen LogP contribution in [0.5, 0.6) is 0 Å². The average Bonchev–Trinajstić information content (AvgIpc) is 2.92. The lowest BCUT2D eigenvalue weighted by atomic mass is 10.2. The van der Waals surface area contributed by atoms with Crippen LogP contribution >= 0.6 is 36.2 Å². The van der Waals surface area contributed by atoms with Crippen molar-refractivity contribution in [3.05, 3.63) is 15.6 Å². The number of aryl methyl sites for hydroxylation is 2. The monoisotopic (exact) mass is 375 g/mol. The van der Waals surface area contributed by atoms with Crippen LogP contribution in [-0.2, 0) is 17.6 Å². The first kappa shape index (κ1) is 21.5. The predicted octanol–water partition coefficient (Wildman–Crippen LogP) is 2.51. The predicted molar refractivity (Wildman–Crippen MR) is 88.8 cm³/mol. The summed E-state index contributed by atoms with van der Waals surface area (Å²) in [5, 5.41) is 6.21. The molecule has 0 aromatic carbocycles. The number of nitrogens with one attached hydrogen (secondary N) is 2. The fourth-order valence-corrected chi connectivity index (χ4v) is 3.26. The van der Waals surface area contributed by atoms with E-state index >= 15 is 0 Å². The van der Waals surface area contributed by atoms with E-state index in [4.69, 9.17) is 0 Å². The molecule has 0 saturated carbocycles. The molecule has 1 atom stereocenters. The number of thiazole rings is 1. The summed E-state index contributed by atoms with van der Waals surface area (Å²) in [5.41, 5.74) is 1.09. The molecule has 2 rings (SSSR count). The zero-order valence-electron chi connectivity index (χ0n) is 12.4. The second kappa shape index (κ2) is 8.96. The van der Waals surface area contributed by atoms with Gasteiger partial charge in [-0.3, -0.25) is 10.1 Å². The summed E-state index contributed by atoms with van der Waals surface area (Å²) in [6.45, 7) is 4.10. The van der Waals surface area contributed by atoms with E-state index in [2.05, 4.69) is 22.5 Å². The summed E-state index contributed by atoms with van der Waals surface area (Å²) in [6.07, 6.45) is 1.12. The molecule has 0 radical (unpaired) electrons. The molecule has 1 amide bonds. The molecule has 2 N–H and O–H groups in total. The lowest BCUT2D eigenvalue weighted by Crippen LogP contribution is -2.41. The van der Waals surface area contributed by atoms with Gasteiger partial charge in [0.2, 0.25) is 5.91 Å². The fourth-order valence-electron chi connectivity index (χ4n) is 2.24. The number of aromatic nitrogens is 1. The molecule has 22 heavy (non-hydrogen) atoms. The molecule has 0 spiro atoms. The third-order valence-electron chi connectivity index (χ3n) is 3.34. The van der Waals surface area contributed by atoms with Gasteiger partial charge in [0, 0.05) is 24.3 Å². The number of carbonyl (C=O) groups excluding carboxylic acids is 1. The topological polar surface area (TPSA) is 54.0 Å². The molecule has 1 aliphatic rings. The van der Waals surface area contributed by atoms with E-state index in [-0.39, 0.29) is 30.7 Å². The smallest absolute Gasteiger partial charge is 0.262 e. The minimum Gasteiger partial charge on any atom is -0.354 e. The first-order valence-electron chi connectivity index (χ1n) is 6.75. The molecule has 1 fully saturated rings. The number of rotatable bonds is 5. The van der Waals surface area contributed by atoms with Gasteiger partial charge >= 0.3 is 0 Å². The van der Waals surface area contributed by atoms with Gasteiger partial charge in [-0.2, -0.15) is 0 Å². The lowest BCUT2D eigenvalue weighted by molar-refractivity contribution is -0.123. The molecule has 1 saturated heterocycles. The molecule has 1 aliphatic heterocycles. The second-order valence-electron chi connectivity index (χ2n) is 5.00. The molecule has 128 valence electrons. The lowest BCUT2D eigenvalue weighted by Gasteiger charge is -2.10. The first-order valence-corrected chi connectivity index (χ1v) is 7.57. The Labute approximate surface area is 145 Å². The summed E-state index contributed by atoms with van der Waals surface area (Å²) in [4.78, 5) is 17.4. The zero-order valence-corrected chi connectivity index (χ0v) is 14.9. The minimum atomic E-state index is -2.77. The van der Waals surface area contributed by atoms with Crippen molar-refractivity contribution in [3.8, 4) is 0 Å². The largest absolute Gasteiger partial charge is 0.354 e. The number of halogens is 4. The van der Waals surface area contributed by atoms with Crippen molar-refractivity contribution in [1.82, 2.24) is 15.6 Å². The van der Waals surface area contributed by atoms with Crippen molar-refractivity contribution in [3.63, 3.8) is 0 Å². The molecular formula is C13H21Cl2F2N3OS. The van der Waals surface area contributed by atoms with E-state index < -0.39 is 24.9 Å². The van der Waals surface area contributed by atoms with Crippen LogP contribution in [0.2, 0.25) is 0 Å². The Balaban J connectivity index is 0.00000220. The molecule has 1 unspecified atom stereocenters. The van der Waals surface area contributed by atoms with Crippen molar-refractivity contribution in [2.75, 3.05) is 13.1 Å². The fraction of sp³-hybridized carbons (Fsp3) is 0.692. The number of alkyl halides is 2. The molecule has 2 heterocycles. The van der Waals surface area contributed by atoms with E-state index in [9.17, 15) is 13.6 Å². The minimum absolute atomic E-state index is 0. The molecule has 4 nitrogen and oxygen atoms in total. The quantitative estimate of drug-likeness (QED) is 0.831. The molecule has 0 aliphatic carbocycles. The van der Waals surface area contributed by atoms with Crippen LogP contribution in [0, 0.1) is 6.92 Å². The third kappa shape index (κ3) is 5.61. The highest BCUT2D eigenvalue weighted by Gasteiger charge is 2.42. The maximum Gasteiger partial charge on any atom is 0.262 e. The van der Waals surface area contributed by atoms with E-state index in [0.29, 0.717) is 13.0 Å². The summed E-state index contributed by atoms with van der Waals surface area (Å²) >= 11 is 1.62. The summed E-state index contributed by atoms with van der Waals surface area (Å²) < 4.78 is 26.0. The Bertz CT molecular complexity index is 500. The number of amides is 1. The van der Waals surface area contributed by atoms with Crippen LogP contribution in [0.1, 0.15) is 28.9 Å². The van der Waals surface area contributed by atoms with E-state index in [1.807, 2.05) is 6.92 Å². The highest BCUT2D eigenvalue weighted by molar-refractivity contribution is 7.11. The van der Waals surface area contributed by atoms with Gasteiger partial charge in [0.25, 0.3) is 5.92 Å². The zero-order chi connectivity index (χ0) is 14.8. The Kier molecular flexibility index (Phi) is 8.75. The number of carbonyl (C=O) groups is 1. The summed E-state index contributed by atoms with van der Waals surface area (Å²) in [5.74, 6) is -3.13. The second-order valence-corrected chi connectivity index (χ2v) is 6.29. The number of hydrogen-bond acceptors (Lipinski definition) is 4. The Hall–Kier alpha value is -0.500. The molecule has 1 aromatic rings. The molecule has 1 aromatic heterocycles. The normalized spacial score (nSPS) is 19.2. The van der Waals surface area contributed by atoms with Crippen LogP contribution in [0.15, 0.2) is 0 Å². The van der Waals surface area contributed by atoms with Crippen LogP contribution in [0.4, 0.5) is 8.78 Å². The summed E-state index contributed by atoms with van der Waals surface area (Å²) in [7, 11) is 0. The van der Waals surface area contributed by atoms with Gasteiger partial charge in [0.15, 0.2) is 0 Å². The molecule has 0 bridgehead atoms. The van der Waals surface area contributed by atoms with Gasteiger partial charge in [-0.15, -0.1) is 36.2 Å². The van der Waals surface area contributed by atoms with Gasteiger partial charge in [0.05, 0.1) is 23.3 Å². The van der Waals surface area contributed by atoms with Gasteiger partial charge in [-0.25, -0.2) is 13.8 Å². The van der Waals surface area contributed by atoms with Crippen LogP contribution in [-0.4, -0.2) is 35.9 Å². The van der Waals surface area contributed by atoms with Crippen LogP contribution < -0.4 is 10.6 Å². The van der Waals surface area contributed by atoms with Gasteiger partial charge < -0.3 is 5.32 Å². The van der Waals surface area contributed by atoms with Crippen molar-refractivity contribution < 1.29 is 13.6 Å². The Morgan fingerprint density at radius 2 is 2.18 bits per heavy atom. The van der Waals surface area contributed by atoms with E-state index in [0.717, 1.165) is 17.1 Å². The Morgan fingerprint density at radius 1 is 1.50 bits per heavy atom. The van der Waals surface area contributed by atoms with Crippen molar-refractivity contribution in [2.24, 2.45) is 0 Å². The molecular weight excluding hydrogens is 355 g/mol. The van der Waals surface area contributed by atoms with E-state index in [1.165, 1.54) is 4.88 Å². The SMILES string of the molecule is CCc1nc(CCNC(=O)C2CC(F)(F)CN2)sc1C.Cl.Cl. The van der Waals surface area contributed by atoms with Gasteiger partial charge in [0.1, 0.15) is 0 Å². The maximum absolute atomic E-state index is 13.0. The van der Waals surface area contributed by atoms with E-state index in [1.54, 1.807) is 11.3 Å². The standard InChI is InChI=1S/C13H19F2N3OS.2ClH/c1-3-9-8(2)20-11(18-9)4-5-16-12(19)10-6-13(14,15)7-17-10;;/h10,17H,3-7H2,1-2H3,(H,16,19);2*1H. The van der Waals surface area contributed by atoms with Crippen molar-refractivity contribution >= 4 is 42.1 Å². The molecule has 9 heteroatoms. The van der Waals surface area contributed by atoms with Crippen molar-refractivity contribution in [2.45, 2.75) is 45.1 Å². The van der Waals surface area contributed by atoms with Crippen molar-refractivity contribution in [1.29, 1.82) is 0 Å². The average molecular weight is 376 g/mol. The number of hydrogen-bond donors (Lipinski definition) is 2. The maximum atomic E-state index is 13.0.